The molecule has 2 aromatic rings. The van der Waals surface area contributed by atoms with E-state index in [0.29, 0.717) is 6.61 Å². The van der Waals surface area contributed by atoms with E-state index in [4.69, 9.17) is 4.74 Å². The number of piperidine rings is 1. The van der Waals surface area contributed by atoms with E-state index in [2.05, 4.69) is 41.3 Å². The second kappa shape index (κ2) is 7.81. The van der Waals surface area contributed by atoms with Crippen molar-refractivity contribution in [1.82, 2.24) is 4.90 Å². The van der Waals surface area contributed by atoms with Crippen LogP contribution >= 0.6 is 0 Å². The molecule has 4 rings (SSSR count). The number of nitrogens with zero attached hydrogens (tertiary/aromatic N) is 1. The van der Waals surface area contributed by atoms with Crippen LogP contribution in [0, 0.1) is 5.41 Å². The molecule has 0 radical (unpaired) electrons. The van der Waals surface area contributed by atoms with E-state index in [1.807, 2.05) is 18.2 Å². The highest BCUT2D eigenvalue weighted by Gasteiger charge is 2.44. The Balaban J connectivity index is 1.32. The van der Waals surface area contributed by atoms with Gasteiger partial charge in [-0.05, 0) is 55.5 Å². The predicted molar refractivity (Wildman–Crippen MR) is 104 cm³/mol. The molecule has 3 heteroatoms. The topological polar surface area (TPSA) is 32.7 Å². The molecule has 3 nitrogen and oxygen atoms in total. The average molecular weight is 351 g/mol. The minimum absolute atomic E-state index is 0.0981. The maximum Gasteiger partial charge on any atom is 0.119 e. The summed E-state index contributed by atoms with van der Waals surface area (Å²) >= 11 is 0. The van der Waals surface area contributed by atoms with E-state index in [0.717, 1.165) is 31.8 Å². The van der Waals surface area contributed by atoms with Gasteiger partial charge in [-0.1, -0.05) is 48.9 Å². The first-order valence-electron chi connectivity index (χ1n) is 9.90. The zero-order chi connectivity index (χ0) is 17.8. The summed E-state index contributed by atoms with van der Waals surface area (Å²) in [5, 5.41) is 10.4. The van der Waals surface area contributed by atoms with Crippen LogP contribution in [0.4, 0.5) is 0 Å². The molecule has 0 unspecified atom stereocenters. The van der Waals surface area contributed by atoms with Gasteiger partial charge in [0.05, 0.1) is 6.10 Å². The van der Waals surface area contributed by atoms with Gasteiger partial charge in [-0.3, -0.25) is 4.90 Å². The van der Waals surface area contributed by atoms with Crippen molar-refractivity contribution in [2.24, 2.45) is 5.41 Å². The Labute approximate surface area is 156 Å². The van der Waals surface area contributed by atoms with E-state index in [1.54, 1.807) is 0 Å². The maximum atomic E-state index is 10.4. The van der Waals surface area contributed by atoms with Crippen molar-refractivity contribution in [3.63, 3.8) is 0 Å². The molecule has 1 saturated heterocycles. The van der Waals surface area contributed by atoms with Crippen molar-refractivity contribution >= 4 is 0 Å². The minimum Gasteiger partial charge on any atom is -0.489 e. The van der Waals surface area contributed by atoms with Gasteiger partial charge in [0.15, 0.2) is 0 Å². The molecular formula is C23H29NO2. The van der Waals surface area contributed by atoms with Gasteiger partial charge in [-0.25, -0.2) is 0 Å². The van der Waals surface area contributed by atoms with Gasteiger partial charge >= 0.3 is 0 Å². The fraction of sp³-hybridized carbons (Fsp3) is 0.478. The van der Waals surface area contributed by atoms with Crippen molar-refractivity contribution in [3.8, 4) is 5.75 Å². The highest BCUT2D eigenvalue weighted by Crippen LogP contribution is 2.45. The lowest BCUT2D eigenvalue weighted by Gasteiger charge is -2.42. The fourth-order valence-corrected chi connectivity index (χ4v) is 4.68. The molecule has 1 saturated carbocycles. The van der Waals surface area contributed by atoms with E-state index in [-0.39, 0.29) is 11.5 Å². The molecule has 2 fully saturated rings. The lowest BCUT2D eigenvalue weighted by Crippen LogP contribution is -2.46. The van der Waals surface area contributed by atoms with Gasteiger partial charge in [0.1, 0.15) is 12.4 Å². The molecule has 1 aliphatic carbocycles. The lowest BCUT2D eigenvalue weighted by atomic mass is 9.76. The fourth-order valence-electron chi connectivity index (χ4n) is 4.68. The molecule has 26 heavy (non-hydrogen) atoms. The lowest BCUT2D eigenvalue weighted by molar-refractivity contribution is -0.0120. The Bertz CT molecular complexity index is 700. The van der Waals surface area contributed by atoms with Gasteiger partial charge in [0.2, 0.25) is 0 Å². The first-order chi connectivity index (χ1) is 12.7. The van der Waals surface area contributed by atoms with E-state index < -0.39 is 0 Å². The number of aliphatic hydroxyl groups excluding tert-OH is 1. The smallest absolute Gasteiger partial charge is 0.119 e. The molecule has 2 aromatic carbocycles. The van der Waals surface area contributed by atoms with E-state index in [9.17, 15) is 5.11 Å². The maximum absolute atomic E-state index is 10.4. The van der Waals surface area contributed by atoms with Crippen LogP contribution in [0.15, 0.2) is 54.6 Å². The Morgan fingerprint density at radius 3 is 2.46 bits per heavy atom. The van der Waals surface area contributed by atoms with Crippen molar-refractivity contribution in [2.75, 3.05) is 13.1 Å². The van der Waals surface area contributed by atoms with Crippen molar-refractivity contribution in [1.29, 1.82) is 0 Å². The predicted octanol–water partition coefficient (Wildman–Crippen LogP) is 4.39. The van der Waals surface area contributed by atoms with Gasteiger partial charge in [-0.15, -0.1) is 0 Å². The monoisotopic (exact) mass is 351 g/mol. The summed E-state index contributed by atoms with van der Waals surface area (Å²) in [4.78, 5) is 2.53. The minimum atomic E-state index is -0.0981. The van der Waals surface area contributed by atoms with Crippen LogP contribution in [0.5, 0.6) is 5.75 Å². The van der Waals surface area contributed by atoms with Gasteiger partial charge in [0, 0.05) is 18.5 Å². The summed E-state index contributed by atoms with van der Waals surface area (Å²) in [6.45, 7) is 3.75. The molecule has 2 aliphatic rings. The third-order valence-electron chi connectivity index (χ3n) is 6.12. The van der Waals surface area contributed by atoms with Crippen LogP contribution in [0.2, 0.25) is 0 Å². The van der Waals surface area contributed by atoms with Gasteiger partial charge in [-0.2, -0.15) is 0 Å². The molecule has 1 heterocycles. The summed E-state index contributed by atoms with van der Waals surface area (Å²) in [6, 6.07) is 18.7. The standard InChI is InChI=1S/C23H29NO2/c25-22-8-4-13-23(22)14-5-15-24(18-23)16-19-9-11-21(12-10-19)26-17-20-6-2-1-3-7-20/h1-3,6-7,9-12,22,25H,4-5,8,13-18H2/t22-,23-/m1/s1. The summed E-state index contributed by atoms with van der Waals surface area (Å²) in [5.41, 5.74) is 2.67. The first kappa shape index (κ1) is 17.6. The number of hydrogen-bond donors (Lipinski definition) is 1. The molecule has 1 spiro atoms. The van der Waals surface area contributed by atoms with Crippen LogP contribution in [0.25, 0.3) is 0 Å². The summed E-state index contributed by atoms with van der Waals surface area (Å²) in [7, 11) is 0. The van der Waals surface area contributed by atoms with Crippen LogP contribution in [-0.4, -0.2) is 29.2 Å². The van der Waals surface area contributed by atoms with Crippen molar-refractivity contribution in [2.45, 2.75) is 51.4 Å². The quantitative estimate of drug-likeness (QED) is 0.867. The van der Waals surface area contributed by atoms with Gasteiger partial charge in [0.25, 0.3) is 0 Å². The molecule has 2 atom stereocenters. The molecule has 0 amide bonds. The normalized spacial score (nSPS) is 26.3. The highest BCUT2D eigenvalue weighted by molar-refractivity contribution is 5.28. The Morgan fingerprint density at radius 1 is 0.962 bits per heavy atom. The second-order valence-electron chi connectivity index (χ2n) is 8.00. The van der Waals surface area contributed by atoms with Gasteiger partial charge < -0.3 is 9.84 Å². The number of rotatable bonds is 5. The third kappa shape index (κ3) is 3.94. The number of likely N-dealkylation sites (tertiary alicyclic amines) is 1. The van der Waals surface area contributed by atoms with E-state index in [1.165, 1.54) is 36.8 Å². The molecule has 1 aliphatic heterocycles. The zero-order valence-corrected chi connectivity index (χ0v) is 15.4. The largest absolute Gasteiger partial charge is 0.489 e. The van der Waals surface area contributed by atoms with Crippen LogP contribution < -0.4 is 4.74 Å². The Hall–Kier alpha value is -1.84. The highest BCUT2D eigenvalue weighted by atomic mass is 16.5. The van der Waals surface area contributed by atoms with Crippen molar-refractivity contribution < 1.29 is 9.84 Å². The molecule has 1 N–H and O–H groups in total. The SMILES string of the molecule is O[C@@H]1CCC[C@]12CCCN(Cc1ccc(OCc3ccccc3)cc1)C2. The van der Waals surface area contributed by atoms with Crippen molar-refractivity contribution in [3.05, 3.63) is 65.7 Å². The third-order valence-corrected chi connectivity index (χ3v) is 6.12. The zero-order valence-electron chi connectivity index (χ0n) is 15.4. The number of ether oxygens (including phenoxy) is 1. The number of benzene rings is 2. The second-order valence-corrected chi connectivity index (χ2v) is 8.00. The average Bonchev–Trinajstić information content (AvgIpc) is 3.01. The summed E-state index contributed by atoms with van der Waals surface area (Å²) < 4.78 is 5.88. The molecule has 0 bridgehead atoms. The van der Waals surface area contributed by atoms with Crippen LogP contribution in [-0.2, 0) is 13.2 Å². The summed E-state index contributed by atoms with van der Waals surface area (Å²) in [5.74, 6) is 0.916. The first-order valence-corrected chi connectivity index (χ1v) is 9.90. The number of hydrogen-bond acceptors (Lipinski definition) is 3. The van der Waals surface area contributed by atoms with Crippen LogP contribution in [0.1, 0.15) is 43.2 Å². The Morgan fingerprint density at radius 2 is 1.73 bits per heavy atom. The Kier molecular flexibility index (Phi) is 5.28. The molecule has 138 valence electrons. The molecular weight excluding hydrogens is 322 g/mol. The van der Waals surface area contributed by atoms with E-state index >= 15 is 0 Å². The van der Waals surface area contributed by atoms with Crippen LogP contribution in [0.3, 0.4) is 0 Å². The molecule has 0 aromatic heterocycles. The number of aliphatic hydroxyl groups is 1. The summed E-state index contributed by atoms with van der Waals surface area (Å²) in [6.07, 6.45) is 5.66.